The van der Waals surface area contributed by atoms with Crippen LogP contribution in [0, 0.1) is 5.41 Å². The number of hydrogen-bond donors (Lipinski definition) is 0. The maximum Gasteiger partial charge on any atom is 0.0332 e. The molecule has 1 aliphatic carbocycles. The van der Waals surface area contributed by atoms with Crippen molar-refractivity contribution in [3.8, 4) is 0 Å². The van der Waals surface area contributed by atoms with Crippen molar-refractivity contribution in [3.63, 3.8) is 0 Å². The van der Waals surface area contributed by atoms with Crippen molar-refractivity contribution in [2.75, 3.05) is 0 Å². The summed E-state index contributed by atoms with van der Waals surface area (Å²) >= 11 is 0. The summed E-state index contributed by atoms with van der Waals surface area (Å²) in [4.78, 5) is 0. The quantitative estimate of drug-likeness (QED) is 0.426. The van der Waals surface area contributed by atoms with Crippen molar-refractivity contribution >= 4 is 10.2 Å². The highest BCUT2D eigenvalue weighted by molar-refractivity contribution is 6.23. The second kappa shape index (κ2) is 1.47. The van der Waals surface area contributed by atoms with Gasteiger partial charge in [0, 0.05) is 10.2 Å². The summed E-state index contributed by atoms with van der Waals surface area (Å²) in [5.74, 6) is 0. The monoisotopic (exact) mass is 126 g/mol. The summed E-state index contributed by atoms with van der Waals surface area (Å²) < 4.78 is 0. The lowest BCUT2D eigenvalue weighted by Crippen LogP contribution is -2.25. The lowest BCUT2D eigenvalue weighted by atomic mass is 9.72. The molecular weight excluding hydrogens is 112 g/mol. The normalized spacial score (nSPS) is 25.9. The van der Waals surface area contributed by atoms with Gasteiger partial charge in [-0.15, -0.1) is 0 Å². The second-order valence-corrected chi connectivity index (χ2v) is 4.67. The minimum absolute atomic E-state index is 0.567. The van der Waals surface area contributed by atoms with Gasteiger partial charge in [-0.25, -0.2) is 0 Å². The van der Waals surface area contributed by atoms with Gasteiger partial charge < -0.3 is 0 Å². The molecule has 0 aromatic heterocycles. The first-order valence-electron chi connectivity index (χ1n) is 3.21. The van der Waals surface area contributed by atoms with Gasteiger partial charge in [0.2, 0.25) is 0 Å². The van der Waals surface area contributed by atoms with Gasteiger partial charge in [-0.3, -0.25) is 0 Å². The highest BCUT2D eigenvalue weighted by Crippen LogP contribution is 2.43. The third-order valence-electron chi connectivity index (χ3n) is 2.36. The third kappa shape index (κ3) is 0.654. The molecule has 0 unspecified atom stereocenters. The average Bonchev–Trinajstić information content (AvgIpc) is 1.65. The van der Waals surface area contributed by atoms with Crippen molar-refractivity contribution < 1.29 is 0 Å². The van der Waals surface area contributed by atoms with Crippen LogP contribution in [0.1, 0.15) is 27.2 Å². The summed E-state index contributed by atoms with van der Waals surface area (Å²) in [6.07, 6.45) is 1.37. The van der Waals surface area contributed by atoms with Gasteiger partial charge >= 0.3 is 0 Å². The van der Waals surface area contributed by atoms with Crippen molar-refractivity contribution in [3.05, 3.63) is 10.8 Å². The first-order chi connectivity index (χ1) is 3.54. The van der Waals surface area contributed by atoms with E-state index in [9.17, 15) is 0 Å². The van der Waals surface area contributed by atoms with Gasteiger partial charge in [0.05, 0.1) is 0 Å². The van der Waals surface area contributed by atoms with E-state index in [1.54, 1.807) is 10.8 Å². The molecule has 0 N–H and O–H groups in total. The third-order valence-corrected chi connectivity index (χ3v) is 3.47. The largest absolute Gasteiger partial charge is 0.0914 e. The van der Waals surface area contributed by atoms with Crippen LogP contribution >= 0.6 is 0 Å². The molecule has 0 saturated carbocycles. The highest BCUT2D eigenvalue weighted by atomic mass is 28.1. The van der Waals surface area contributed by atoms with Crippen LogP contribution in [-0.4, -0.2) is 10.2 Å². The fourth-order valence-electron chi connectivity index (χ4n) is 1.40. The van der Waals surface area contributed by atoms with E-state index in [0.717, 1.165) is 0 Å². The van der Waals surface area contributed by atoms with E-state index in [1.807, 2.05) is 0 Å². The van der Waals surface area contributed by atoms with E-state index in [1.165, 1.54) is 16.7 Å². The van der Waals surface area contributed by atoms with Gasteiger partial charge in [0.25, 0.3) is 0 Å². The molecule has 0 amide bonds. The SMILES string of the molecule is CC1=C([SiH3])CC1(C)C. The van der Waals surface area contributed by atoms with Gasteiger partial charge in [-0.2, -0.15) is 0 Å². The Hall–Kier alpha value is -0.0431. The minimum atomic E-state index is 0.567. The summed E-state index contributed by atoms with van der Waals surface area (Å²) in [7, 11) is 1.29. The van der Waals surface area contributed by atoms with Crippen molar-refractivity contribution in [1.29, 1.82) is 0 Å². The second-order valence-electron chi connectivity index (χ2n) is 3.47. The van der Waals surface area contributed by atoms with Crippen molar-refractivity contribution in [1.82, 2.24) is 0 Å². The van der Waals surface area contributed by atoms with E-state index >= 15 is 0 Å². The van der Waals surface area contributed by atoms with Gasteiger partial charge in [-0.1, -0.05) is 24.6 Å². The molecule has 0 aromatic rings. The fraction of sp³-hybridized carbons (Fsp3) is 0.714. The zero-order valence-corrected chi connectivity index (χ0v) is 8.21. The van der Waals surface area contributed by atoms with E-state index in [2.05, 4.69) is 20.8 Å². The smallest absolute Gasteiger partial charge is 0.0332 e. The lowest BCUT2D eigenvalue weighted by molar-refractivity contribution is 0.394. The van der Waals surface area contributed by atoms with Crippen molar-refractivity contribution in [2.24, 2.45) is 5.41 Å². The van der Waals surface area contributed by atoms with Crippen LogP contribution in [0.5, 0.6) is 0 Å². The molecule has 0 aromatic carbocycles. The summed E-state index contributed by atoms with van der Waals surface area (Å²) in [5.41, 5.74) is 2.22. The van der Waals surface area contributed by atoms with E-state index in [4.69, 9.17) is 0 Å². The van der Waals surface area contributed by atoms with Crippen LogP contribution in [-0.2, 0) is 0 Å². The first kappa shape index (κ1) is 6.08. The van der Waals surface area contributed by atoms with Gasteiger partial charge in [0.1, 0.15) is 0 Å². The van der Waals surface area contributed by atoms with Gasteiger partial charge in [0.15, 0.2) is 0 Å². The molecule has 1 heteroatoms. The Morgan fingerprint density at radius 2 is 2.00 bits per heavy atom. The number of rotatable bonds is 0. The summed E-state index contributed by atoms with van der Waals surface area (Å²) in [5, 5.41) is 1.73. The summed E-state index contributed by atoms with van der Waals surface area (Å²) in [6.45, 7) is 6.92. The molecule has 8 heavy (non-hydrogen) atoms. The fourth-order valence-corrected chi connectivity index (χ4v) is 2.96. The predicted molar refractivity (Wildman–Crippen MR) is 41.0 cm³/mol. The number of hydrogen-bond acceptors (Lipinski definition) is 0. The molecule has 0 atom stereocenters. The zero-order chi connectivity index (χ0) is 6.36. The van der Waals surface area contributed by atoms with Crippen LogP contribution in [0.3, 0.4) is 0 Å². The molecule has 1 aliphatic rings. The van der Waals surface area contributed by atoms with Gasteiger partial charge in [-0.05, 0) is 18.8 Å². The molecule has 0 bridgehead atoms. The Balaban J connectivity index is 2.80. The van der Waals surface area contributed by atoms with Crippen LogP contribution < -0.4 is 0 Å². The van der Waals surface area contributed by atoms with Crippen LogP contribution in [0.4, 0.5) is 0 Å². The number of allylic oxidation sites excluding steroid dienone is 2. The molecule has 0 nitrogen and oxygen atoms in total. The molecule has 0 heterocycles. The summed E-state index contributed by atoms with van der Waals surface area (Å²) in [6, 6.07) is 0. The Labute approximate surface area is 54.4 Å². The molecular formula is C7H14Si. The first-order valence-corrected chi connectivity index (χ1v) is 4.21. The zero-order valence-electron chi connectivity index (χ0n) is 6.21. The molecule has 0 spiro atoms. The minimum Gasteiger partial charge on any atom is -0.0914 e. The predicted octanol–water partition coefficient (Wildman–Crippen LogP) is 1.06. The molecule has 0 radical (unpaired) electrons. The molecule has 0 aliphatic heterocycles. The van der Waals surface area contributed by atoms with Crippen LogP contribution in [0.15, 0.2) is 10.8 Å². The molecule has 1 rings (SSSR count). The van der Waals surface area contributed by atoms with Crippen LogP contribution in [0.2, 0.25) is 0 Å². The lowest BCUT2D eigenvalue weighted by Gasteiger charge is -2.38. The maximum atomic E-state index is 2.32. The van der Waals surface area contributed by atoms with E-state index in [0.29, 0.717) is 5.41 Å². The Kier molecular flexibility index (Phi) is 1.12. The highest BCUT2D eigenvalue weighted by Gasteiger charge is 2.30. The van der Waals surface area contributed by atoms with E-state index < -0.39 is 0 Å². The van der Waals surface area contributed by atoms with Crippen molar-refractivity contribution in [2.45, 2.75) is 27.2 Å². The Morgan fingerprint density at radius 1 is 1.50 bits per heavy atom. The topological polar surface area (TPSA) is 0 Å². The standard InChI is InChI=1S/C7H14Si/c1-5-6(8)4-7(5,2)3/h4H2,1-3,8H3. The molecule has 46 valence electrons. The molecule has 0 fully saturated rings. The average molecular weight is 126 g/mol. The van der Waals surface area contributed by atoms with E-state index in [-0.39, 0.29) is 0 Å². The maximum absolute atomic E-state index is 2.32. The van der Waals surface area contributed by atoms with Crippen LogP contribution in [0.25, 0.3) is 0 Å². The molecule has 0 saturated heterocycles. The Bertz CT molecular complexity index is 142. The Morgan fingerprint density at radius 3 is 2.00 bits per heavy atom.